The molecule has 0 radical (unpaired) electrons. The van der Waals surface area contributed by atoms with Crippen molar-refractivity contribution in [3.05, 3.63) is 0 Å². The molecule has 2 rings (SSSR count). The second kappa shape index (κ2) is 7.53. The highest BCUT2D eigenvalue weighted by Crippen LogP contribution is 2.27. The number of aliphatic hydroxyl groups excluding tert-OH is 6. The van der Waals surface area contributed by atoms with Gasteiger partial charge in [0.25, 0.3) is 0 Å². The Hall–Kier alpha value is -0.930. The van der Waals surface area contributed by atoms with Crippen LogP contribution in [0.1, 0.15) is 0 Å². The van der Waals surface area contributed by atoms with Crippen molar-refractivity contribution >= 4 is 5.97 Å². The number of aliphatic carboxylic acids is 1. The lowest BCUT2D eigenvalue weighted by molar-refractivity contribution is -0.502. The molecule has 0 aromatic carbocycles. The smallest absolute Gasteiger partial charge is 0.211 e. The van der Waals surface area contributed by atoms with Crippen molar-refractivity contribution in [1.29, 1.82) is 0 Å². The number of carbonyl (C=O) groups is 1. The van der Waals surface area contributed by atoms with Crippen molar-refractivity contribution in [1.82, 2.24) is 0 Å². The summed E-state index contributed by atoms with van der Waals surface area (Å²) in [4.78, 5) is 10.9. The molecule has 0 aliphatic carbocycles. The van der Waals surface area contributed by atoms with Crippen LogP contribution in [0.5, 0.6) is 0 Å². The van der Waals surface area contributed by atoms with Gasteiger partial charge in [0.1, 0.15) is 42.7 Å². The van der Waals surface area contributed by atoms with Gasteiger partial charge in [-0.1, -0.05) is 0 Å². The fraction of sp³-hybridized carbons (Fsp3) is 0.917. The predicted molar refractivity (Wildman–Crippen MR) is 67.2 cm³/mol. The number of aliphatic hydroxyl groups is 6. The fourth-order valence-electron chi connectivity index (χ4n) is 2.61. The van der Waals surface area contributed by atoms with Crippen molar-refractivity contribution in [2.24, 2.45) is 0 Å². The van der Waals surface area contributed by atoms with Crippen molar-refractivity contribution in [3.63, 3.8) is 0 Å². The third-order valence-electron chi connectivity index (χ3n) is 4.10. The second-order valence-corrected chi connectivity index (χ2v) is 5.72. The molecule has 24 heavy (non-hydrogen) atoms. The monoisotopic (exact) mass is 355 g/mol. The van der Waals surface area contributed by atoms with Crippen LogP contribution in [0.2, 0.25) is 0 Å². The number of rotatable bonds is 4. The third kappa shape index (κ3) is 3.52. The van der Waals surface area contributed by atoms with Crippen LogP contribution in [-0.2, 0) is 19.0 Å². The Morgan fingerprint density at radius 1 is 1.04 bits per heavy atom. The number of carboxylic acids is 1. The highest BCUT2D eigenvalue weighted by molar-refractivity contribution is 5.71. The maximum Gasteiger partial charge on any atom is 0.211 e. The summed E-state index contributed by atoms with van der Waals surface area (Å²) in [5.41, 5.74) is 3.48. The molecule has 0 bridgehead atoms. The minimum absolute atomic E-state index is 0.677. The van der Waals surface area contributed by atoms with E-state index in [-0.39, 0.29) is 0 Å². The van der Waals surface area contributed by atoms with Crippen LogP contribution in [0.4, 0.5) is 0 Å². The van der Waals surface area contributed by atoms with E-state index in [1.807, 2.05) is 0 Å². The zero-order chi connectivity index (χ0) is 18.2. The van der Waals surface area contributed by atoms with E-state index in [9.17, 15) is 40.5 Å². The molecule has 12 nitrogen and oxygen atoms in total. The Labute approximate surface area is 135 Å². The quantitative estimate of drug-likeness (QED) is 0.251. The number of carbonyl (C=O) groups excluding carboxylic acids is 1. The minimum atomic E-state index is -1.98. The predicted octanol–water partition coefficient (Wildman–Crippen LogP) is -7.39. The fourth-order valence-corrected chi connectivity index (χ4v) is 2.61. The van der Waals surface area contributed by atoms with Crippen molar-refractivity contribution in [3.8, 4) is 0 Å². The molecule has 12 heteroatoms. The number of quaternary nitrogens is 1. The van der Waals surface area contributed by atoms with Crippen LogP contribution in [0, 0.1) is 0 Å². The summed E-state index contributed by atoms with van der Waals surface area (Å²) < 4.78 is 15.1. The summed E-state index contributed by atoms with van der Waals surface area (Å²) in [5, 5.41) is 69.0. The zero-order valence-electron chi connectivity index (χ0n) is 12.4. The van der Waals surface area contributed by atoms with Gasteiger partial charge in [-0.15, -0.1) is 0 Å². The zero-order valence-corrected chi connectivity index (χ0v) is 12.4. The Morgan fingerprint density at radius 3 is 2.21 bits per heavy atom. The Bertz CT molecular complexity index is 449. The van der Waals surface area contributed by atoms with Crippen LogP contribution in [-0.4, -0.2) is 105 Å². The molecule has 9 N–H and O–H groups in total. The van der Waals surface area contributed by atoms with Gasteiger partial charge in [0.15, 0.2) is 12.3 Å². The Kier molecular flexibility index (Phi) is 6.09. The highest BCUT2D eigenvalue weighted by atomic mass is 16.7. The molecule has 2 fully saturated rings. The molecular formula is C12H21NO11. The van der Waals surface area contributed by atoms with Gasteiger partial charge in [0.2, 0.25) is 6.29 Å². The van der Waals surface area contributed by atoms with Crippen LogP contribution < -0.4 is 10.8 Å². The van der Waals surface area contributed by atoms with E-state index in [2.05, 4.69) is 5.73 Å². The molecule has 10 atom stereocenters. The van der Waals surface area contributed by atoms with Gasteiger partial charge in [-0.3, -0.25) is 0 Å². The molecule has 2 aliphatic rings. The van der Waals surface area contributed by atoms with Gasteiger partial charge in [-0.25, -0.2) is 0 Å². The summed E-state index contributed by atoms with van der Waals surface area (Å²) >= 11 is 0. The van der Waals surface area contributed by atoms with Crippen LogP contribution >= 0.6 is 0 Å². The lowest BCUT2D eigenvalue weighted by atomic mass is 9.96. The van der Waals surface area contributed by atoms with Gasteiger partial charge >= 0.3 is 0 Å². The van der Waals surface area contributed by atoms with Crippen LogP contribution in [0.25, 0.3) is 0 Å². The van der Waals surface area contributed by atoms with Crippen molar-refractivity contribution in [2.45, 2.75) is 61.3 Å². The Morgan fingerprint density at radius 2 is 1.67 bits per heavy atom. The molecule has 0 amide bonds. The van der Waals surface area contributed by atoms with Gasteiger partial charge in [-0.2, -0.15) is 0 Å². The second-order valence-electron chi connectivity index (χ2n) is 5.72. The maximum absolute atomic E-state index is 10.9. The van der Waals surface area contributed by atoms with Crippen LogP contribution in [0.3, 0.4) is 0 Å². The molecule has 2 saturated heterocycles. The molecule has 2 heterocycles. The first-order valence-electron chi connectivity index (χ1n) is 7.20. The first-order valence-corrected chi connectivity index (χ1v) is 7.20. The SMILES string of the molecule is [NH3+][C@@H]1[C@@H](O)[C@H](O[C@@H]2O[C@H](C(=O)[O-])[C@@H](O)[C@H](O)[C@H]2O)[C@@H](CO)O[C@@H]1O. The molecule has 0 unspecified atom stereocenters. The van der Waals surface area contributed by atoms with Crippen LogP contribution in [0.15, 0.2) is 0 Å². The average Bonchev–Trinajstić information content (AvgIpc) is 2.54. The van der Waals surface area contributed by atoms with E-state index < -0.39 is 73.9 Å². The number of ether oxygens (including phenoxy) is 3. The third-order valence-corrected chi connectivity index (χ3v) is 4.10. The summed E-state index contributed by atoms with van der Waals surface area (Å²) in [6.07, 6.45) is -15.0. The first-order chi connectivity index (χ1) is 11.2. The lowest BCUT2D eigenvalue weighted by Gasteiger charge is -2.45. The van der Waals surface area contributed by atoms with E-state index in [0.717, 1.165) is 0 Å². The van der Waals surface area contributed by atoms with Crippen molar-refractivity contribution < 1.29 is 60.5 Å². The normalized spacial score (nSPS) is 49.8. The van der Waals surface area contributed by atoms with Gasteiger partial charge in [0.05, 0.1) is 12.6 Å². The van der Waals surface area contributed by atoms with E-state index in [1.165, 1.54) is 0 Å². The molecule has 2 aliphatic heterocycles. The summed E-state index contributed by atoms with van der Waals surface area (Å²) in [5.74, 6) is -1.84. The number of carboxylic acid groups (broad SMARTS) is 1. The maximum atomic E-state index is 10.9. The van der Waals surface area contributed by atoms with E-state index in [0.29, 0.717) is 0 Å². The average molecular weight is 355 g/mol. The minimum Gasteiger partial charge on any atom is -0.547 e. The highest BCUT2D eigenvalue weighted by Gasteiger charge is 2.51. The van der Waals surface area contributed by atoms with Crippen molar-refractivity contribution in [2.75, 3.05) is 6.61 Å². The standard InChI is InChI=1S/C12H21NO11/c13-3-4(15)8(2(1-14)22-11(3)21)23-12-7(18)5(16)6(17)9(24-12)10(19)20/h2-9,11-12,14-18,21H,1,13H2,(H,19,20)/t2-,3-,4-,5+,6+,7-,8-,9+,11+,12-/m1/s1. The molecule has 140 valence electrons. The Balaban J connectivity index is 2.16. The topological polar surface area (TPSA) is 217 Å². The lowest BCUT2D eigenvalue weighted by Crippen LogP contribution is -2.78. The summed E-state index contributed by atoms with van der Waals surface area (Å²) in [6, 6.07) is -1.06. The summed E-state index contributed by atoms with van der Waals surface area (Å²) in [7, 11) is 0. The number of hydrogen-bond donors (Lipinski definition) is 7. The van der Waals surface area contributed by atoms with E-state index in [1.54, 1.807) is 0 Å². The van der Waals surface area contributed by atoms with E-state index in [4.69, 9.17) is 14.2 Å². The molecule has 0 spiro atoms. The molecular weight excluding hydrogens is 334 g/mol. The van der Waals surface area contributed by atoms with Gasteiger partial charge in [0, 0.05) is 0 Å². The van der Waals surface area contributed by atoms with Gasteiger partial charge in [-0.05, 0) is 0 Å². The first kappa shape index (κ1) is 19.4. The number of hydrogen-bond acceptors (Lipinski definition) is 11. The van der Waals surface area contributed by atoms with Gasteiger partial charge < -0.3 is 60.5 Å². The largest absolute Gasteiger partial charge is 0.547 e. The summed E-state index contributed by atoms with van der Waals surface area (Å²) in [6.45, 7) is -0.677. The molecule has 0 aromatic rings. The molecule has 0 saturated carbocycles. The van der Waals surface area contributed by atoms with E-state index >= 15 is 0 Å². The molecule has 0 aromatic heterocycles.